The van der Waals surface area contributed by atoms with Gasteiger partial charge in [-0.3, -0.25) is 19.2 Å². The van der Waals surface area contributed by atoms with E-state index in [1.807, 2.05) is 0 Å². The Kier molecular flexibility index (Phi) is 8.56. The van der Waals surface area contributed by atoms with E-state index in [-0.39, 0.29) is 29.3 Å². The molecule has 0 saturated heterocycles. The van der Waals surface area contributed by atoms with Crippen LogP contribution in [0.4, 0.5) is 0 Å². The van der Waals surface area contributed by atoms with Crippen molar-refractivity contribution in [3.05, 3.63) is 5.21 Å². The first kappa shape index (κ1) is 20.8. The van der Waals surface area contributed by atoms with Crippen LogP contribution in [0.1, 0.15) is 20.8 Å². The molecular weight excluding hydrogens is 314 g/mol. The molecule has 2 amide bonds. The van der Waals surface area contributed by atoms with Gasteiger partial charge in [-0.2, -0.15) is 0 Å². The quantitative estimate of drug-likeness (QED) is 0.593. The van der Waals surface area contributed by atoms with Crippen molar-refractivity contribution in [1.29, 1.82) is 0 Å². The van der Waals surface area contributed by atoms with Crippen LogP contribution in [-0.2, 0) is 19.2 Å². The molecule has 0 fully saturated rings. The SMILES string of the molecule is CC(=O)N[C@@H](CSC(=O)C(C)(C)CON([O-])O)C(=O)N(C)C. The van der Waals surface area contributed by atoms with Gasteiger partial charge in [0.25, 0.3) is 0 Å². The molecule has 0 aromatic carbocycles. The molecule has 22 heavy (non-hydrogen) atoms. The highest BCUT2D eigenvalue weighted by atomic mass is 32.2. The first-order chi connectivity index (χ1) is 9.97. The van der Waals surface area contributed by atoms with Crippen molar-refractivity contribution >= 4 is 28.7 Å². The predicted octanol–water partition coefficient (Wildman–Crippen LogP) is -0.0141. The first-order valence-electron chi connectivity index (χ1n) is 6.42. The highest BCUT2D eigenvalue weighted by Crippen LogP contribution is 2.25. The van der Waals surface area contributed by atoms with Crippen molar-refractivity contribution in [2.75, 3.05) is 26.5 Å². The molecule has 0 saturated carbocycles. The molecule has 0 heterocycles. The van der Waals surface area contributed by atoms with E-state index < -0.39 is 16.8 Å². The van der Waals surface area contributed by atoms with Crippen LogP contribution >= 0.6 is 11.8 Å². The number of thioether (sulfide) groups is 1. The van der Waals surface area contributed by atoms with Gasteiger partial charge in [0, 0.05) is 26.8 Å². The Labute approximate surface area is 133 Å². The smallest absolute Gasteiger partial charge is 0.245 e. The minimum Gasteiger partial charge on any atom is -0.738 e. The second-order valence-electron chi connectivity index (χ2n) is 5.48. The lowest BCUT2D eigenvalue weighted by Crippen LogP contribution is -2.47. The van der Waals surface area contributed by atoms with Crippen LogP contribution < -0.4 is 5.32 Å². The summed E-state index contributed by atoms with van der Waals surface area (Å²) in [5, 5.41) is 20.1. The molecule has 0 bridgehead atoms. The lowest BCUT2D eigenvalue weighted by Gasteiger charge is -2.27. The number of hydrogen-bond acceptors (Lipinski definition) is 8. The van der Waals surface area contributed by atoms with Gasteiger partial charge >= 0.3 is 0 Å². The Balaban J connectivity index is 4.66. The third-order valence-corrected chi connectivity index (χ3v) is 3.90. The van der Waals surface area contributed by atoms with E-state index in [0.717, 1.165) is 11.8 Å². The highest BCUT2D eigenvalue weighted by Gasteiger charge is 2.31. The fraction of sp³-hybridized carbons (Fsp3) is 0.750. The fourth-order valence-electron chi connectivity index (χ4n) is 1.36. The molecule has 128 valence electrons. The third kappa shape index (κ3) is 7.71. The molecule has 0 unspecified atom stereocenters. The maximum Gasteiger partial charge on any atom is 0.245 e. The average molecular weight is 336 g/mol. The number of carbonyl (C=O) groups is 3. The fourth-order valence-corrected chi connectivity index (χ4v) is 2.36. The summed E-state index contributed by atoms with van der Waals surface area (Å²) in [6.07, 6.45) is 0. The molecule has 10 heteroatoms. The van der Waals surface area contributed by atoms with Crippen LogP contribution in [0, 0.1) is 10.6 Å². The van der Waals surface area contributed by atoms with Gasteiger partial charge in [0.1, 0.15) is 6.04 Å². The van der Waals surface area contributed by atoms with Crippen LogP contribution in [0.15, 0.2) is 0 Å². The van der Waals surface area contributed by atoms with E-state index in [0.29, 0.717) is 0 Å². The Morgan fingerprint density at radius 1 is 1.36 bits per heavy atom. The van der Waals surface area contributed by atoms with Gasteiger partial charge in [-0.15, -0.1) is 5.39 Å². The summed E-state index contributed by atoms with van der Waals surface area (Å²) in [7, 11) is 3.09. The standard InChI is InChI=1S/C12H22N3O6S/c1-8(16)13-9(10(17)14(4)5)6-22-11(18)12(2,3)7-21-15(19)20/h9,19H,6-7H2,1-5H3,(H,13,16)/q-1/t9-/m0/s1. The maximum atomic E-state index is 12.1. The van der Waals surface area contributed by atoms with Crippen molar-refractivity contribution < 1.29 is 24.4 Å². The lowest BCUT2D eigenvalue weighted by atomic mass is 9.97. The molecule has 9 nitrogen and oxygen atoms in total. The van der Waals surface area contributed by atoms with Crippen LogP contribution in [-0.4, -0.2) is 64.9 Å². The van der Waals surface area contributed by atoms with Crippen LogP contribution in [0.2, 0.25) is 0 Å². The summed E-state index contributed by atoms with van der Waals surface area (Å²) < 4.78 is 0. The molecule has 0 rings (SSSR count). The van der Waals surface area contributed by atoms with Gasteiger partial charge in [0.15, 0.2) is 5.12 Å². The molecule has 1 atom stereocenters. The Morgan fingerprint density at radius 3 is 2.32 bits per heavy atom. The number of likely N-dealkylation sites (N-methyl/N-ethyl adjacent to an activating group) is 1. The minimum atomic E-state index is -1.04. The van der Waals surface area contributed by atoms with Crippen molar-refractivity contribution in [3.63, 3.8) is 0 Å². The van der Waals surface area contributed by atoms with Gasteiger partial charge in [0.2, 0.25) is 11.8 Å². The van der Waals surface area contributed by atoms with Gasteiger partial charge in [-0.05, 0) is 13.8 Å². The first-order valence-corrected chi connectivity index (χ1v) is 7.40. The summed E-state index contributed by atoms with van der Waals surface area (Å²) in [5.74, 6) is -0.650. The van der Waals surface area contributed by atoms with Crippen LogP contribution in [0.3, 0.4) is 0 Å². The molecule has 0 spiro atoms. The number of amides is 2. The predicted molar refractivity (Wildman–Crippen MR) is 80.5 cm³/mol. The number of nitrogens with one attached hydrogen (secondary N) is 1. The van der Waals surface area contributed by atoms with E-state index in [2.05, 4.69) is 10.2 Å². The molecule has 0 radical (unpaired) electrons. The summed E-state index contributed by atoms with van der Waals surface area (Å²) in [6.45, 7) is 4.04. The second-order valence-corrected chi connectivity index (χ2v) is 6.47. The molecule has 0 aliphatic carbocycles. The molecule has 0 aromatic rings. The molecule has 2 N–H and O–H groups in total. The third-order valence-electron chi connectivity index (χ3n) is 2.59. The Morgan fingerprint density at radius 2 is 1.91 bits per heavy atom. The van der Waals surface area contributed by atoms with Crippen LogP contribution in [0.5, 0.6) is 0 Å². The van der Waals surface area contributed by atoms with E-state index >= 15 is 0 Å². The molecular formula is C12H22N3O6S-. The van der Waals surface area contributed by atoms with E-state index in [1.165, 1.54) is 25.7 Å². The van der Waals surface area contributed by atoms with Crippen molar-refractivity contribution in [3.8, 4) is 0 Å². The van der Waals surface area contributed by atoms with Gasteiger partial charge in [0.05, 0.1) is 12.0 Å². The summed E-state index contributed by atoms with van der Waals surface area (Å²) in [5.41, 5.74) is -1.04. The minimum absolute atomic E-state index is 0.0546. The summed E-state index contributed by atoms with van der Waals surface area (Å²) in [6, 6.07) is -0.827. The summed E-state index contributed by atoms with van der Waals surface area (Å²) >= 11 is 0.848. The Hall–Kier alpha value is -1.20. The number of rotatable bonds is 8. The average Bonchev–Trinajstić information content (AvgIpc) is 2.39. The topological polar surface area (TPSA) is 122 Å². The zero-order chi connectivity index (χ0) is 17.5. The normalized spacial score (nSPS) is 12.9. The van der Waals surface area contributed by atoms with E-state index in [1.54, 1.807) is 14.1 Å². The zero-order valence-corrected chi connectivity index (χ0v) is 14.1. The Bertz CT molecular complexity index is 414. The maximum absolute atomic E-state index is 12.1. The monoisotopic (exact) mass is 336 g/mol. The van der Waals surface area contributed by atoms with Gasteiger partial charge in [-0.25, -0.2) is 0 Å². The van der Waals surface area contributed by atoms with Crippen molar-refractivity contribution in [2.24, 2.45) is 5.41 Å². The van der Waals surface area contributed by atoms with Gasteiger partial charge < -0.3 is 20.6 Å². The molecule has 0 aromatic heterocycles. The van der Waals surface area contributed by atoms with Crippen LogP contribution in [0.25, 0.3) is 0 Å². The number of hydrogen-bond donors (Lipinski definition) is 2. The van der Waals surface area contributed by atoms with Crippen molar-refractivity contribution in [1.82, 2.24) is 15.6 Å². The van der Waals surface area contributed by atoms with E-state index in [9.17, 15) is 19.6 Å². The highest BCUT2D eigenvalue weighted by molar-refractivity contribution is 8.13. The van der Waals surface area contributed by atoms with Crippen molar-refractivity contribution in [2.45, 2.75) is 26.8 Å². The van der Waals surface area contributed by atoms with E-state index in [4.69, 9.17) is 5.21 Å². The number of carbonyl (C=O) groups excluding carboxylic acids is 3. The second kappa shape index (κ2) is 9.06. The summed E-state index contributed by atoms with van der Waals surface area (Å²) in [4.78, 5) is 40.8. The lowest BCUT2D eigenvalue weighted by molar-refractivity contribution is -0.313. The number of nitrogens with zero attached hydrogens (tertiary/aromatic N) is 2. The largest absolute Gasteiger partial charge is 0.738 e. The zero-order valence-electron chi connectivity index (χ0n) is 13.3. The van der Waals surface area contributed by atoms with Gasteiger partial charge in [-0.1, -0.05) is 11.8 Å². The molecule has 0 aliphatic heterocycles. The molecule has 0 aliphatic rings.